The highest BCUT2D eigenvalue weighted by Crippen LogP contribution is 2.40. The zero-order valence-electron chi connectivity index (χ0n) is 7.44. The molecule has 3 heterocycles. The van der Waals surface area contributed by atoms with E-state index in [-0.39, 0.29) is 11.3 Å². The summed E-state index contributed by atoms with van der Waals surface area (Å²) in [6.45, 7) is 2.94. The summed E-state index contributed by atoms with van der Waals surface area (Å²) >= 11 is 0. The molecule has 0 aromatic heterocycles. The highest BCUT2D eigenvalue weighted by molar-refractivity contribution is 5.83. The maximum absolute atomic E-state index is 11.5. The molecule has 3 aliphatic heterocycles. The Morgan fingerprint density at radius 2 is 1.85 bits per heavy atom. The first-order chi connectivity index (χ1) is 6.27. The summed E-state index contributed by atoms with van der Waals surface area (Å²) < 4.78 is 0. The highest BCUT2D eigenvalue weighted by Gasteiger charge is 2.44. The van der Waals surface area contributed by atoms with Gasteiger partial charge in [0.05, 0.1) is 0 Å². The molecule has 70 valence electrons. The summed E-state index contributed by atoms with van der Waals surface area (Å²) in [5.41, 5.74) is 7.91. The molecule has 5 nitrogen and oxygen atoms in total. The lowest BCUT2D eigenvalue weighted by Crippen LogP contribution is -2.51. The largest absolute Gasteiger partial charge is 0.303 e. The molecule has 3 saturated heterocycles. The van der Waals surface area contributed by atoms with Crippen LogP contribution in [0.2, 0.25) is 0 Å². The van der Waals surface area contributed by atoms with Gasteiger partial charge in [-0.25, -0.2) is 0 Å². The Labute approximate surface area is 76.3 Å². The SMILES string of the molecule is [N-]=[N+]=NC(=O)C12CCN(CC1)CC2. The van der Waals surface area contributed by atoms with Gasteiger partial charge in [-0.15, -0.1) is 0 Å². The third-order valence-corrected chi connectivity index (χ3v) is 3.31. The molecule has 0 N–H and O–H groups in total. The lowest BCUT2D eigenvalue weighted by Gasteiger charge is -2.46. The molecule has 0 radical (unpaired) electrons. The molecular weight excluding hydrogens is 168 g/mol. The summed E-state index contributed by atoms with van der Waals surface area (Å²) in [5.74, 6) is -0.241. The quantitative estimate of drug-likeness (QED) is 0.347. The smallest absolute Gasteiger partial charge is 0.225 e. The van der Waals surface area contributed by atoms with Crippen LogP contribution >= 0.6 is 0 Å². The summed E-state index contributed by atoms with van der Waals surface area (Å²) in [6.07, 6.45) is 2.60. The number of hydrogen-bond donors (Lipinski definition) is 0. The molecule has 0 aliphatic carbocycles. The van der Waals surface area contributed by atoms with Gasteiger partial charge < -0.3 is 4.90 Å². The molecule has 3 fully saturated rings. The van der Waals surface area contributed by atoms with Gasteiger partial charge in [0, 0.05) is 10.3 Å². The first kappa shape index (κ1) is 8.53. The van der Waals surface area contributed by atoms with E-state index in [9.17, 15) is 4.79 Å². The number of piperidine rings is 3. The van der Waals surface area contributed by atoms with E-state index >= 15 is 0 Å². The number of rotatable bonds is 1. The van der Waals surface area contributed by atoms with Crippen molar-refractivity contribution in [2.75, 3.05) is 19.6 Å². The number of carbonyl (C=O) groups excluding carboxylic acids is 1. The third kappa shape index (κ3) is 1.30. The van der Waals surface area contributed by atoms with E-state index in [0.29, 0.717) is 0 Å². The Kier molecular flexibility index (Phi) is 1.98. The van der Waals surface area contributed by atoms with Crippen LogP contribution in [0.4, 0.5) is 0 Å². The number of hydrogen-bond acceptors (Lipinski definition) is 2. The van der Waals surface area contributed by atoms with Gasteiger partial charge in [-0.3, -0.25) is 4.79 Å². The van der Waals surface area contributed by atoms with Crippen LogP contribution in [0.5, 0.6) is 0 Å². The molecule has 0 spiro atoms. The number of amides is 1. The fourth-order valence-corrected chi connectivity index (χ4v) is 2.29. The molecular formula is C8H12N4O. The van der Waals surface area contributed by atoms with Crippen molar-refractivity contribution in [3.63, 3.8) is 0 Å². The molecule has 0 saturated carbocycles. The van der Waals surface area contributed by atoms with E-state index in [1.807, 2.05) is 0 Å². The second-order valence-electron chi connectivity index (χ2n) is 3.87. The van der Waals surface area contributed by atoms with Crippen molar-refractivity contribution >= 4 is 5.91 Å². The summed E-state index contributed by atoms with van der Waals surface area (Å²) in [6, 6.07) is 0. The average molecular weight is 180 g/mol. The van der Waals surface area contributed by atoms with Gasteiger partial charge in [-0.05, 0) is 49.5 Å². The number of carbonyl (C=O) groups is 1. The van der Waals surface area contributed by atoms with E-state index in [4.69, 9.17) is 5.53 Å². The normalized spacial score (nSPS) is 36.8. The van der Waals surface area contributed by atoms with Crippen LogP contribution in [0.1, 0.15) is 19.3 Å². The van der Waals surface area contributed by atoms with Gasteiger partial charge in [0.1, 0.15) is 0 Å². The van der Waals surface area contributed by atoms with E-state index < -0.39 is 0 Å². The van der Waals surface area contributed by atoms with Crippen molar-refractivity contribution in [3.8, 4) is 0 Å². The van der Waals surface area contributed by atoms with Gasteiger partial charge in [0.2, 0.25) is 5.91 Å². The lowest BCUT2D eigenvalue weighted by atomic mass is 9.71. The van der Waals surface area contributed by atoms with E-state index in [1.54, 1.807) is 0 Å². The molecule has 13 heavy (non-hydrogen) atoms. The van der Waals surface area contributed by atoms with Gasteiger partial charge >= 0.3 is 0 Å². The Morgan fingerprint density at radius 3 is 2.31 bits per heavy atom. The van der Waals surface area contributed by atoms with E-state index in [2.05, 4.69) is 14.9 Å². The molecule has 0 unspecified atom stereocenters. The Balaban J connectivity index is 2.18. The van der Waals surface area contributed by atoms with Crippen LogP contribution in [-0.2, 0) is 4.79 Å². The highest BCUT2D eigenvalue weighted by atomic mass is 16.2. The van der Waals surface area contributed by atoms with Crippen molar-refractivity contribution in [2.45, 2.75) is 19.3 Å². The Bertz CT molecular complexity index is 260. The predicted octanol–water partition coefficient (Wildman–Crippen LogP) is 1.31. The minimum absolute atomic E-state index is 0.241. The van der Waals surface area contributed by atoms with Gasteiger partial charge in [0.15, 0.2) is 0 Å². The molecule has 5 heteroatoms. The van der Waals surface area contributed by atoms with Crippen molar-refractivity contribution in [2.24, 2.45) is 10.5 Å². The minimum atomic E-state index is -0.305. The van der Waals surface area contributed by atoms with Crippen LogP contribution in [-0.4, -0.2) is 30.4 Å². The fraction of sp³-hybridized carbons (Fsp3) is 0.875. The standard InChI is InChI=1S/C8H12N4O/c9-11-10-7(13)8-1-4-12(5-2-8)6-3-8/h1-6H2. The van der Waals surface area contributed by atoms with Crippen LogP contribution < -0.4 is 0 Å². The molecule has 0 aromatic carbocycles. The van der Waals surface area contributed by atoms with Gasteiger partial charge in [-0.1, -0.05) is 0 Å². The number of nitrogens with zero attached hydrogens (tertiary/aromatic N) is 4. The summed E-state index contributed by atoms with van der Waals surface area (Å²) in [7, 11) is 0. The van der Waals surface area contributed by atoms with Gasteiger partial charge in [0.25, 0.3) is 0 Å². The zero-order chi connectivity index (χ0) is 9.31. The molecule has 2 bridgehead atoms. The topological polar surface area (TPSA) is 69.1 Å². The fourth-order valence-electron chi connectivity index (χ4n) is 2.29. The summed E-state index contributed by atoms with van der Waals surface area (Å²) in [4.78, 5) is 16.5. The molecule has 3 rings (SSSR count). The maximum Gasteiger partial charge on any atom is 0.225 e. The van der Waals surface area contributed by atoms with E-state index in [1.165, 1.54) is 0 Å². The van der Waals surface area contributed by atoms with Crippen molar-refractivity contribution in [3.05, 3.63) is 10.4 Å². The maximum atomic E-state index is 11.5. The first-order valence-electron chi connectivity index (χ1n) is 4.59. The molecule has 0 atom stereocenters. The Morgan fingerprint density at radius 1 is 1.31 bits per heavy atom. The van der Waals surface area contributed by atoms with E-state index in [0.717, 1.165) is 38.9 Å². The summed E-state index contributed by atoms with van der Waals surface area (Å²) in [5, 5.41) is 3.24. The van der Waals surface area contributed by atoms with Crippen LogP contribution in [0, 0.1) is 5.41 Å². The van der Waals surface area contributed by atoms with Gasteiger partial charge in [-0.2, -0.15) is 0 Å². The van der Waals surface area contributed by atoms with Crippen molar-refractivity contribution in [1.82, 2.24) is 4.90 Å². The third-order valence-electron chi connectivity index (χ3n) is 3.31. The molecule has 0 aromatic rings. The monoisotopic (exact) mass is 180 g/mol. The Hall–Kier alpha value is -1.06. The predicted molar refractivity (Wildman–Crippen MR) is 46.9 cm³/mol. The number of fused-ring (bicyclic) bond motifs is 3. The van der Waals surface area contributed by atoms with Crippen LogP contribution in [0.3, 0.4) is 0 Å². The van der Waals surface area contributed by atoms with Crippen LogP contribution in [0.25, 0.3) is 10.4 Å². The van der Waals surface area contributed by atoms with Crippen LogP contribution in [0.15, 0.2) is 5.11 Å². The molecule has 3 aliphatic rings. The van der Waals surface area contributed by atoms with Crippen molar-refractivity contribution < 1.29 is 4.79 Å². The minimum Gasteiger partial charge on any atom is -0.303 e. The first-order valence-corrected chi connectivity index (χ1v) is 4.59. The zero-order valence-corrected chi connectivity index (χ0v) is 7.44. The second kappa shape index (κ2) is 3.01. The average Bonchev–Trinajstić information content (AvgIpc) is 2.21. The number of azide groups is 1. The second-order valence-corrected chi connectivity index (χ2v) is 3.87. The molecule has 1 amide bonds. The lowest BCUT2D eigenvalue weighted by molar-refractivity contribution is -0.134. The van der Waals surface area contributed by atoms with Crippen molar-refractivity contribution in [1.29, 1.82) is 0 Å².